The van der Waals surface area contributed by atoms with Crippen molar-refractivity contribution in [2.24, 2.45) is 0 Å². The average molecular weight is 400 g/mol. The van der Waals surface area contributed by atoms with E-state index in [0.717, 1.165) is 35.2 Å². The number of thiophene rings is 1. The first kappa shape index (κ1) is 18.3. The minimum Gasteiger partial charge on any atom is -0.348 e. The standard InChI is InChI=1S/C20H21N3O2S2/c1-22(2)16(24)12-26-20-21-18-17(14-10-6-7-11-15(14)27-18)19(25)23(20)13-8-4-3-5-9-13/h3-5,8-9H,6-7,10-12H2,1-2H3. The molecule has 0 saturated carbocycles. The Labute approximate surface area is 166 Å². The van der Waals surface area contributed by atoms with E-state index in [1.54, 1.807) is 34.9 Å². The first-order chi connectivity index (χ1) is 13.1. The van der Waals surface area contributed by atoms with E-state index in [0.29, 0.717) is 5.16 Å². The third-order valence-corrected chi connectivity index (χ3v) is 6.91. The molecule has 0 atom stereocenters. The summed E-state index contributed by atoms with van der Waals surface area (Å²) in [5, 5.41) is 1.34. The summed E-state index contributed by atoms with van der Waals surface area (Å²) in [6, 6.07) is 9.56. The summed E-state index contributed by atoms with van der Waals surface area (Å²) in [7, 11) is 3.47. The molecule has 7 heteroatoms. The van der Waals surface area contributed by atoms with Crippen molar-refractivity contribution in [3.05, 3.63) is 51.1 Å². The molecule has 1 aliphatic carbocycles. The number of para-hydroxylation sites is 1. The quantitative estimate of drug-likeness (QED) is 0.498. The third-order valence-electron chi connectivity index (χ3n) is 4.80. The summed E-state index contributed by atoms with van der Waals surface area (Å²) >= 11 is 2.96. The van der Waals surface area contributed by atoms with Crippen LogP contribution in [0.15, 0.2) is 40.3 Å². The first-order valence-electron chi connectivity index (χ1n) is 9.02. The highest BCUT2D eigenvalue weighted by atomic mass is 32.2. The van der Waals surface area contributed by atoms with Crippen molar-refractivity contribution in [1.82, 2.24) is 14.5 Å². The molecule has 5 nitrogen and oxygen atoms in total. The highest BCUT2D eigenvalue weighted by Crippen LogP contribution is 2.35. The second-order valence-electron chi connectivity index (χ2n) is 6.84. The van der Waals surface area contributed by atoms with Gasteiger partial charge in [0.25, 0.3) is 5.56 Å². The number of hydrogen-bond donors (Lipinski definition) is 0. The number of hydrogen-bond acceptors (Lipinski definition) is 5. The number of rotatable bonds is 4. The molecule has 2 heterocycles. The summed E-state index contributed by atoms with van der Waals surface area (Å²) in [4.78, 5) is 34.0. The number of carbonyl (C=O) groups excluding carboxylic acids is 1. The van der Waals surface area contributed by atoms with E-state index in [9.17, 15) is 9.59 Å². The Morgan fingerprint density at radius 3 is 2.70 bits per heavy atom. The third kappa shape index (κ3) is 3.41. The number of benzene rings is 1. The lowest BCUT2D eigenvalue weighted by molar-refractivity contribution is -0.125. The number of aromatic nitrogens is 2. The molecule has 1 aromatic carbocycles. The van der Waals surface area contributed by atoms with Crippen LogP contribution in [0, 0.1) is 0 Å². The molecule has 0 unspecified atom stereocenters. The predicted molar refractivity (Wildman–Crippen MR) is 111 cm³/mol. The maximum Gasteiger partial charge on any atom is 0.267 e. The van der Waals surface area contributed by atoms with Crippen LogP contribution >= 0.6 is 23.1 Å². The summed E-state index contributed by atoms with van der Waals surface area (Å²) in [5.41, 5.74) is 1.95. The van der Waals surface area contributed by atoms with E-state index >= 15 is 0 Å². The fourth-order valence-corrected chi connectivity index (χ4v) is 5.64. The molecular formula is C20H21N3O2S2. The van der Waals surface area contributed by atoms with Crippen LogP contribution in [0.3, 0.4) is 0 Å². The van der Waals surface area contributed by atoms with Crippen LogP contribution in [0.1, 0.15) is 23.3 Å². The molecule has 1 aliphatic rings. The van der Waals surface area contributed by atoms with Crippen LogP contribution in [0.4, 0.5) is 0 Å². The van der Waals surface area contributed by atoms with E-state index in [-0.39, 0.29) is 17.2 Å². The summed E-state index contributed by atoms with van der Waals surface area (Å²) in [6.45, 7) is 0. The van der Waals surface area contributed by atoms with Gasteiger partial charge in [-0.3, -0.25) is 14.2 Å². The van der Waals surface area contributed by atoms with Gasteiger partial charge in [-0.05, 0) is 43.4 Å². The Kier molecular flexibility index (Phi) is 5.06. The topological polar surface area (TPSA) is 55.2 Å². The molecule has 0 radical (unpaired) electrons. The Balaban J connectivity index is 1.90. The van der Waals surface area contributed by atoms with Gasteiger partial charge >= 0.3 is 0 Å². The molecule has 2 aromatic heterocycles. The molecule has 3 aromatic rings. The molecule has 1 amide bonds. The molecule has 0 aliphatic heterocycles. The van der Waals surface area contributed by atoms with E-state index < -0.39 is 0 Å². The van der Waals surface area contributed by atoms with Crippen molar-refractivity contribution >= 4 is 39.2 Å². The van der Waals surface area contributed by atoms with Crippen LogP contribution in [0.5, 0.6) is 0 Å². The van der Waals surface area contributed by atoms with E-state index in [1.165, 1.54) is 28.6 Å². The second kappa shape index (κ2) is 7.48. The number of carbonyl (C=O) groups is 1. The molecule has 27 heavy (non-hydrogen) atoms. The van der Waals surface area contributed by atoms with Crippen LogP contribution in [0.25, 0.3) is 15.9 Å². The molecule has 0 bridgehead atoms. The van der Waals surface area contributed by atoms with E-state index in [1.807, 2.05) is 30.3 Å². The summed E-state index contributed by atoms with van der Waals surface area (Å²) in [6.07, 6.45) is 4.28. The molecule has 4 rings (SSSR count). The first-order valence-corrected chi connectivity index (χ1v) is 10.8. The zero-order valence-corrected chi connectivity index (χ0v) is 17.0. The minimum absolute atomic E-state index is 0.000526. The SMILES string of the molecule is CN(C)C(=O)CSc1nc2sc3c(c2c(=O)n1-c1ccccc1)CCCC3. The lowest BCUT2D eigenvalue weighted by atomic mass is 9.97. The normalized spacial score (nSPS) is 13.6. The maximum absolute atomic E-state index is 13.5. The van der Waals surface area contributed by atoms with Gasteiger partial charge in [0, 0.05) is 19.0 Å². The molecule has 0 fully saturated rings. The van der Waals surface area contributed by atoms with Crippen LogP contribution < -0.4 is 5.56 Å². The molecular weight excluding hydrogens is 378 g/mol. The largest absolute Gasteiger partial charge is 0.348 e. The Bertz CT molecular complexity index is 1050. The summed E-state index contributed by atoms with van der Waals surface area (Å²) in [5.74, 6) is 0.252. The van der Waals surface area contributed by atoms with Crippen LogP contribution in [0.2, 0.25) is 0 Å². The number of fused-ring (bicyclic) bond motifs is 3. The predicted octanol–water partition coefficient (Wildman–Crippen LogP) is 3.51. The molecule has 0 N–H and O–H groups in total. The van der Waals surface area contributed by atoms with E-state index in [2.05, 4.69) is 0 Å². The van der Waals surface area contributed by atoms with Gasteiger partial charge in [-0.15, -0.1) is 11.3 Å². The van der Waals surface area contributed by atoms with Crippen molar-refractivity contribution in [3.8, 4) is 5.69 Å². The number of nitrogens with zero attached hydrogens (tertiary/aromatic N) is 3. The van der Waals surface area contributed by atoms with Gasteiger partial charge in [0.2, 0.25) is 5.91 Å². The number of amides is 1. The monoisotopic (exact) mass is 399 g/mol. The lowest BCUT2D eigenvalue weighted by Gasteiger charge is -2.14. The zero-order chi connectivity index (χ0) is 19.0. The van der Waals surface area contributed by atoms with Gasteiger partial charge in [0.1, 0.15) is 4.83 Å². The van der Waals surface area contributed by atoms with Crippen molar-refractivity contribution in [2.45, 2.75) is 30.8 Å². The fourth-order valence-electron chi connectivity index (χ4n) is 3.34. The van der Waals surface area contributed by atoms with Crippen molar-refractivity contribution in [3.63, 3.8) is 0 Å². The van der Waals surface area contributed by atoms with Gasteiger partial charge in [-0.2, -0.15) is 0 Å². The number of thioether (sulfide) groups is 1. The molecule has 140 valence electrons. The highest BCUT2D eigenvalue weighted by molar-refractivity contribution is 7.99. The minimum atomic E-state index is -0.0228. The van der Waals surface area contributed by atoms with Crippen LogP contribution in [-0.2, 0) is 17.6 Å². The van der Waals surface area contributed by atoms with Gasteiger partial charge in [-0.25, -0.2) is 4.98 Å². The van der Waals surface area contributed by atoms with Crippen molar-refractivity contribution in [2.75, 3.05) is 19.8 Å². The van der Waals surface area contributed by atoms with Crippen LogP contribution in [-0.4, -0.2) is 40.2 Å². The second-order valence-corrected chi connectivity index (χ2v) is 8.86. The van der Waals surface area contributed by atoms with E-state index in [4.69, 9.17) is 4.98 Å². The van der Waals surface area contributed by atoms with Gasteiger partial charge in [-0.1, -0.05) is 30.0 Å². The fraction of sp³-hybridized carbons (Fsp3) is 0.350. The smallest absolute Gasteiger partial charge is 0.267 e. The van der Waals surface area contributed by atoms with Crippen molar-refractivity contribution in [1.29, 1.82) is 0 Å². The molecule has 0 spiro atoms. The lowest BCUT2D eigenvalue weighted by Crippen LogP contribution is -2.25. The number of aryl methyl sites for hydroxylation is 2. The van der Waals surface area contributed by atoms with Gasteiger partial charge in [0.15, 0.2) is 5.16 Å². The van der Waals surface area contributed by atoms with Crippen molar-refractivity contribution < 1.29 is 4.79 Å². The van der Waals surface area contributed by atoms with Gasteiger partial charge in [0.05, 0.1) is 16.8 Å². The Morgan fingerprint density at radius 1 is 1.22 bits per heavy atom. The summed E-state index contributed by atoms with van der Waals surface area (Å²) < 4.78 is 1.66. The zero-order valence-electron chi connectivity index (χ0n) is 15.4. The maximum atomic E-state index is 13.5. The average Bonchev–Trinajstić information content (AvgIpc) is 3.05. The highest BCUT2D eigenvalue weighted by Gasteiger charge is 2.23. The molecule has 0 saturated heterocycles. The Hall–Kier alpha value is -2.12. The Morgan fingerprint density at radius 2 is 1.96 bits per heavy atom. The van der Waals surface area contributed by atoms with Gasteiger partial charge < -0.3 is 4.90 Å².